The Morgan fingerprint density at radius 3 is 2.60 bits per heavy atom. The van der Waals surface area contributed by atoms with Gasteiger partial charge in [0.05, 0.1) is 18.1 Å². The molecule has 2 atom stereocenters. The van der Waals surface area contributed by atoms with Crippen LogP contribution in [0.1, 0.15) is 30.1 Å². The fraction of sp³-hybridized carbons (Fsp3) is 0.391. The number of fused-ring (bicyclic) bond motifs is 1. The number of carbonyl (C=O) groups excluding carboxylic acids is 1. The molecule has 156 valence electrons. The summed E-state index contributed by atoms with van der Waals surface area (Å²) in [5, 5.41) is 0. The van der Waals surface area contributed by atoms with Crippen molar-refractivity contribution in [1.82, 2.24) is 14.5 Å². The van der Waals surface area contributed by atoms with Gasteiger partial charge in [-0.3, -0.25) is 4.79 Å². The largest absolute Gasteiger partial charge is 0.497 e. The lowest BCUT2D eigenvalue weighted by Crippen LogP contribution is -2.24. The molecule has 1 aromatic heterocycles. The van der Waals surface area contributed by atoms with Crippen LogP contribution in [-0.4, -0.2) is 38.3 Å². The third kappa shape index (κ3) is 3.65. The van der Waals surface area contributed by atoms with Gasteiger partial charge in [0, 0.05) is 37.9 Å². The van der Waals surface area contributed by atoms with Gasteiger partial charge in [-0.05, 0) is 36.2 Å². The summed E-state index contributed by atoms with van der Waals surface area (Å²) in [5.74, 6) is 2.20. The number of hydrogen-bond donors (Lipinski definition) is 0. The van der Waals surface area contributed by atoms with Crippen molar-refractivity contribution < 1.29 is 9.53 Å². The van der Waals surface area contributed by atoms with Crippen LogP contribution in [0.15, 0.2) is 48.5 Å². The number of likely N-dealkylation sites (tertiary alicyclic amines) is 1. The van der Waals surface area contributed by atoms with Crippen LogP contribution in [0.25, 0.3) is 11.0 Å². The van der Waals surface area contributed by atoms with Crippen molar-refractivity contribution in [2.75, 3.05) is 13.7 Å². The lowest BCUT2D eigenvalue weighted by Gasteiger charge is -2.18. The molecule has 0 unspecified atom stereocenters. The Bertz CT molecular complexity index is 1090. The summed E-state index contributed by atoms with van der Waals surface area (Å²) in [5.41, 5.74) is 3.11. The zero-order valence-electron chi connectivity index (χ0n) is 16.7. The van der Waals surface area contributed by atoms with Crippen LogP contribution in [0, 0.1) is 5.92 Å². The third-order valence-electron chi connectivity index (χ3n) is 6.15. The summed E-state index contributed by atoms with van der Waals surface area (Å²) in [7, 11) is 1.65. The summed E-state index contributed by atoms with van der Waals surface area (Å²) in [6, 6.07) is 15.9. The number of ether oxygens (including phenoxy) is 1. The van der Waals surface area contributed by atoms with Gasteiger partial charge < -0.3 is 14.2 Å². The van der Waals surface area contributed by atoms with E-state index in [2.05, 4.69) is 10.6 Å². The van der Waals surface area contributed by atoms with E-state index in [4.69, 9.17) is 32.9 Å². The summed E-state index contributed by atoms with van der Waals surface area (Å²) >= 11 is 12.6. The van der Waals surface area contributed by atoms with Gasteiger partial charge in [-0.2, -0.15) is 0 Å². The molecule has 1 amide bonds. The van der Waals surface area contributed by atoms with Crippen molar-refractivity contribution in [2.24, 2.45) is 5.92 Å². The van der Waals surface area contributed by atoms with Gasteiger partial charge in [-0.25, -0.2) is 4.98 Å². The van der Waals surface area contributed by atoms with E-state index in [1.807, 2.05) is 47.4 Å². The Kier molecular flexibility index (Phi) is 4.91. The van der Waals surface area contributed by atoms with E-state index in [-0.39, 0.29) is 17.7 Å². The van der Waals surface area contributed by atoms with Crippen LogP contribution >= 0.6 is 23.2 Å². The maximum absolute atomic E-state index is 12.8. The number of methoxy groups -OCH3 is 1. The van der Waals surface area contributed by atoms with Crippen LogP contribution in [0.4, 0.5) is 0 Å². The maximum Gasteiger partial charge on any atom is 0.223 e. The van der Waals surface area contributed by atoms with E-state index >= 15 is 0 Å². The number of aromatic nitrogens is 2. The predicted octanol–water partition coefficient (Wildman–Crippen LogP) is 4.75. The summed E-state index contributed by atoms with van der Waals surface area (Å²) in [6.07, 6.45) is 1.26. The van der Waals surface area contributed by atoms with Crippen molar-refractivity contribution in [3.8, 4) is 5.75 Å². The van der Waals surface area contributed by atoms with E-state index in [1.54, 1.807) is 7.11 Å². The standard InChI is InChI=1S/C23H23Cl2N3O2/c1-30-18-8-6-15(7-9-18)12-27-13-16(10-21(27)29)22-26-19-4-2-3-5-20(19)28(22)14-17-11-23(17,24)25/h2-9,16-17H,10-14H2,1H3/t16-,17-/m0/s1. The molecule has 2 heterocycles. The highest BCUT2D eigenvalue weighted by molar-refractivity contribution is 6.50. The number of amides is 1. The maximum atomic E-state index is 12.8. The van der Waals surface area contributed by atoms with Gasteiger partial charge in [0.1, 0.15) is 15.9 Å². The highest BCUT2D eigenvalue weighted by Crippen LogP contribution is 2.54. The van der Waals surface area contributed by atoms with Gasteiger partial charge in [-0.15, -0.1) is 23.2 Å². The first-order chi connectivity index (χ1) is 14.4. The van der Waals surface area contributed by atoms with E-state index in [9.17, 15) is 4.79 Å². The van der Waals surface area contributed by atoms with Crippen molar-refractivity contribution in [1.29, 1.82) is 0 Å². The minimum atomic E-state index is -0.644. The van der Waals surface area contributed by atoms with Gasteiger partial charge in [0.15, 0.2) is 0 Å². The minimum absolute atomic E-state index is 0.0574. The van der Waals surface area contributed by atoms with Gasteiger partial charge >= 0.3 is 0 Å². The molecule has 30 heavy (non-hydrogen) atoms. The molecule has 2 fully saturated rings. The average molecular weight is 444 g/mol. The molecule has 5 nitrogen and oxygen atoms in total. The topological polar surface area (TPSA) is 47.4 Å². The zero-order valence-corrected chi connectivity index (χ0v) is 18.2. The first-order valence-electron chi connectivity index (χ1n) is 10.2. The Labute approximate surface area is 185 Å². The second-order valence-electron chi connectivity index (χ2n) is 8.25. The molecule has 1 aliphatic heterocycles. The smallest absolute Gasteiger partial charge is 0.223 e. The normalized spacial score (nSPS) is 22.6. The molecule has 3 aromatic rings. The highest BCUT2D eigenvalue weighted by Gasteiger charge is 2.52. The van der Waals surface area contributed by atoms with Gasteiger partial charge in [0.2, 0.25) is 5.91 Å². The van der Waals surface area contributed by atoms with Crippen molar-refractivity contribution in [3.63, 3.8) is 0 Å². The SMILES string of the molecule is COc1ccc(CN2C[C@@H](c3nc4ccccc4n3C[C@@H]3CC3(Cl)Cl)CC2=O)cc1. The summed E-state index contributed by atoms with van der Waals surface area (Å²) in [4.78, 5) is 19.6. The van der Waals surface area contributed by atoms with E-state index in [1.165, 1.54) is 0 Å². The van der Waals surface area contributed by atoms with Crippen LogP contribution in [0.2, 0.25) is 0 Å². The number of hydrogen-bond acceptors (Lipinski definition) is 3. The van der Waals surface area contributed by atoms with Gasteiger partial charge in [0.25, 0.3) is 0 Å². The highest BCUT2D eigenvalue weighted by atomic mass is 35.5. The van der Waals surface area contributed by atoms with Gasteiger partial charge in [-0.1, -0.05) is 24.3 Å². The van der Waals surface area contributed by atoms with Crippen molar-refractivity contribution in [3.05, 3.63) is 59.9 Å². The molecule has 0 spiro atoms. The molecular formula is C23H23Cl2N3O2. The summed E-state index contributed by atoms with van der Waals surface area (Å²) < 4.78 is 6.80. The molecule has 0 radical (unpaired) electrons. The van der Waals surface area contributed by atoms with Crippen LogP contribution in [0.3, 0.4) is 0 Å². The van der Waals surface area contributed by atoms with Crippen LogP contribution < -0.4 is 4.74 Å². The lowest BCUT2D eigenvalue weighted by atomic mass is 10.1. The number of nitrogens with zero attached hydrogens (tertiary/aromatic N) is 3. The second-order valence-corrected chi connectivity index (χ2v) is 9.80. The van der Waals surface area contributed by atoms with E-state index < -0.39 is 4.33 Å². The first kappa shape index (κ1) is 19.7. The zero-order chi connectivity index (χ0) is 20.9. The number of halogens is 2. The van der Waals surface area contributed by atoms with Crippen LogP contribution in [-0.2, 0) is 17.9 Å². The predicted molar refractivity (Wildman–Crippen MR) is 118 cm³/mol. The summed E-state index contributed by atoms with van der Waals surface area (Å²) in [6.45, 7) is 1.98. The monoisotopic (exact) mass is 443 g/mol. The van der Waals surface area contributed by atoms with E-state index in [0.717, 1.165) is 41.1 Å². The second kappa shape index (κ2) is 7.47. The molecule has 2 aromatic carbocycles. The number of carbonyl (C=O) groups is 1. The van der Waals surface area contributed by atoms with Crippen LogP contribution in [0.5, 0.6) is 5.75 Å². The molecular weight excluding hydrogens is 421 g/mol. The molecule has 0 bridgehead atoms. The number of alkyl halides is 2. The number of para-hydroxylation sites is 2. The van der Waals surface area contributed by atoms with Crippen molar-refractivity contribution >= 4 is 40.1 Å². The fourth-order valence-corrected chi connectivity index (χ4v) is 4.85. The number of benzene rings is 2. The lowest BCUT2D eigenvalue weighted by molar-refractivity contribution is -0.128. The molecule has 0 N–H and O–H groups in total. The third-order valence-corrected chi connectivity index (χ3v) is 7.08. The molecule has 2 aliphatic rings. The molecule has 1 saturated heterocycles. The Morgan fingerprint density at radius 2 is 1.90 bits per heavy atom. The molecule has 1 saturated carbocycles. The minimum Gasteiger partial charge on any atom is -0.497 e. The van der Waals surface area contributed by atoms with E-state index in [0.29, 0.717) is 19.5 Å². The Hall–Kier alpha value is -2.24. The quantitative estimate of drug-likeness (QED) is 0.516. The molecule has 5 rings (SSSR count). The van der Waals surface area contributed by atoms with Crippen molar-refractivity contribution in [2.45, 2.75) is 36.2 Å². The fourth-order valence-electron chi connectivity index (χ4n) is 4.34. The molecule has 7 heteroatoms. The first-order valence-corrected chi connectivity index (χ1v) is 10.9. The molecule has 1 aliphatic carbocycles. The number of imidazole rings is 1. The number of rotatable bonds is 6. The average Bonchev–Trinajstić information content (AvgIpc) is 3.03. The Morgan fingerprint density at radius 1 is 1.17 bits per heavy atom. The Balaban J connectivity index is 1.39.